The molecule has 2 aliphatic rings. The molecule has 2 saturated heterocycles. The van der Waals surface area contributed by atoms with Crippen LogP contribution >= 0.6 is 0 Å². The monoisotopic (exact) mass is 223 g/mol. The van der Waals surface area contributed by atoms with Crippen LogP contribution in [0, 0.1) is 5.92 Å². The van der Waals surface area contributed by atoms with Crippen molar-refractivity contribution in [3.8, 4) is 0 Å². The lowest BCUT2D eigenvalue weighted by Gasteiger charge is -2.24. The lowest BCUT2D eigenvalue weighted by molar-refractivity contribution is -0.126. The summed E-state index contributed by atoms with van der Waals surface area (Å²) in [7, 11) is 0. The van der Waals surface area contributed by atoms with E-state index in [-0.39, 0.29) is 17.7 Å². The van der Waals surface area contributed by atoms with Gasteiger partial charge in [-0.25, -0.2) is 0 Å². The van der Waals surface area contributed by atoms with Gasteiger partial charge in [-0.15, -0.1) is 0 Å². The average Bonchev–Trinajstić information content (AvgIpc) is 2.62. The highest BCUT2D eigenvalue weighted by molar-refractivity contribution is 5.94. The first-order valence-corrected chi connectivity index (χ1v) is 5.57. The van der Waals surface area contributed by atoms with Crippen molar-refractivity contribution in [2.75, 3.05) is 26.2 Å². The number of nitrogens with one attached hydrogen (secondary N) is 1. The lowest BCUT2D eigenvalue weighted by Crippen LogP contribution is -2.39. The molecule has 0 bridgehead atoms. The van der Waals surface area contributed by atoms with E-state index in [1.807, 2.05) is 6.92 Å². The van der Waals surface area contributed by atoms with E-state index in [1.54, 1.807) is 4.90 Å². The van der Waals surface area contributed by atoms with E-state index in [0.717, 1.165) is 18.7 Å². The van der Waals surface area contributed by atoms with Crippen LogP contribution in [0.2, 0.25) is 0 Å². The second-order valence-electron chi connectivity index (χ2n) is 4.47. The van der Waals surface area contributed by atoms with Gasteiger partial charge in [0, 0.05) is 31.8 Å². The minimum absolute atomic E-state index is 0.0558. The molecule has 1 unspecified atom stereocenters. The van der Waals surface area contributed by atoms with E-state index in [0.29, 0.717) is 19.5 Å². The zero-order chi connectivity index (χ0) is 11.7. The molecule has 2 fully saturated rings. The third kappa shape index (κ3) is 1.95. The van der Waals surface area contributed by atoms with E-state index in [4.69, 9.17) is 5.73 Å². The van der Waals surface area contributed by atoms with E-state index in [9.17, 15) is 9.59 Å². The highest BCUT2D eigenvalue weighted by Gasteiger charge is 2.31. The van der Waals surface area contributed by atoms with Crippen molar-refractivity contribution in [3.05, 3.63) is 11.1 Å². The maximum atomic E-state index is 12.0. The molecule has 5 heteroatoms. The molecule has 0 saturated carbocycles. The van der Waals surface area contributed by atoms with Gasteiger partial charge in [0.2, 0.25) is 11.8 Å². The molecule has 5 nitrogen and oxygen atoms in total. The van der Waals surface area contributed by atoms with Gasteiger partial charge in [-0.1, -0.05) is 0 Å². The largest absolute Gasteiger partial charge is 0.369 e. The van der Waals surface area contributed by atoms with E-state index in [2.05, 4.69) is 5.32 Å². The topological polar surface area (TPSA) is 75.4 Å². The molecule has 2 aliphatic heterocycles. The Morgan fingerprint density at radius 2 is 2.12 bits per heavy atom. The predicted octanol–water partition coefficient (Wildman–Crippen LogP) is -0.760. The molecule has 3 N–H and O–H groups in total. The second kappa shape index (κ2) is 4.25. The van der Waals surface area contributed by atoms with Crippen molar-refractivity contribution in [1.82, 2.24) is 10.2 Å². The minimum Gasteiger partial charge on any atom is -0.369 e. The average molecular weight is 223 g/mol. The molecule has 2 heterocycles. The van der Waals surface area contributed by atoms with Crippen LogP contribution in [0.1, 0.15) is 13.3 Å². The Hall–Kier alpha value is -1.36. The van der Waals surface area contributed by atoms with Crippen LogP contribution in [-0.4, -0.2) is 42.9 Å². The van der Waals surface area contributed by atoms with Gasteiger partial charge < -0.3 is 16.0 Å². The fourth-order valence-corrected chi connectivity index (χ4v) is 2.08. The number of primary amides is 1. The van der Waals surface area contributed by atoms with Crippen LogP contribution < -0.4 is 11.1 Å². The minimum atomic E-state index is -0.300. The molecule has 0 radical (unpaired) electrons. The molecular weight excluding hydrogens is 206 g/mol. The first kappa shape index (κ1) is 11.1. The van der Waals surface area contributed by atoms with Crippen molar-refractivity contribution in [2.24, 2.45) is 11.7 Å². The van der Waals surface area contributed by atoms with Gasteiger partial charge in [-0.3, -0.25) is 9.59 Å². The molecule has 16 heavy (non-hydrogen) atoms. The summed E-state index contributed by atoms with van der Waals surface area (Å²) in [4.78, 5) is 24.8. The normalized spacial score (nSPS) is 24.2. The molecule has 88 valence electrons. The zero-order valence-electron chi connectivity index (χ0n) is 9.45. The maximum absolute atomic E-state index is 12.0. The van der Waals surface area contributed by atoms with Gasteiger partial charge in [0.05, 0.1) is 5.92 Å². The summed E-state index contributed by atoms with van der Waals surface area (Å²) in [6.07, 6.45) is 0.696. The smallest absolute Gasteiger partial charge is 0.249 e. The predicted molar refractivity (Wildman–Crippen MR) is 59.5 cm³/mol. The quantitative estimate of drug-likeness (QED) is 0.604. The van der Waals surface area contributed by atoms with Crippen LogP contribution in [0.4, 0.5) is 0 Å². The SMILES string of the molecule is CC(C(=O)N1CCC(C(N)=O)C1)=C1CNC1. The summed E-state index contributed by atoms with van der Waals surface area (Å²) < 4.78 is 0. The second-order valence-corrected chi connectivity index (χ2v) is 4.47. The van der Waals surface area contributed by atoms with Crippen molar-refractivity contribution in [3.63, 3.8) is 0 Å². The molecule has 2 rings (SSSR count). The van der Waals surface area contributed by atoms with Crippen LogP contribution in [-0.2, 0) is 9.59 Å². The Balaban J connectivity index is 1.99. The summed E-state index contributed by atoms with van der Waals surface area (Å²) in [6, 6.07) is 0. The van der Waals surface area contributed by atoms with Gasteiger partial charge >= 0.3 is 0 Å². The van der Waals surface area contributed by atoms with Crippen molar-refractivity contribution < 1.29 is 9.59 Å². The molecule has 0 aromatic carbocycles. The number of rotatable bonds is 2. The Kier molecular flexibility index (Phi) is 2.96. The molecular formula is C11H17N3O2. The summed E-state index contributed by atoms with van der Waals surface area (Å²) in [5, 5.41) is 3.11. The van der Waals surface area contributed by atoms with E-state index < -0.39 is 0 Å². The van der Waals surface area contributed by atoms with E-state index >= 15 is 0 Å². The van der Waals surface area contributed by atoms with Crippen LogP contribution in [0.15, 0.2) is 11.1 Å². The molecule has 1 atom stereocenters. The summed E-state index contributed by atoms with van der Waals surface area (Å²) in [5.74, 6) is -0.410. The Morgan fingerprint density at radius 3 is 2.56 bits per heavy atom. The van der Waals surface area contributed by atoms with Crippen molar-refractivity contribution in [2.45, 2.75) is 13.3 Å². The standard InChI is InChI=1S/C11H17N3O2/c1-7(9-4-13-5-9)11(16)14-3-2-8(6-14)10(12)15/h8,13H,2-6H2,1H3,(H2,12,15). The molecule has 0 aromatic rings. The van der Waals surface area contributed by atoms with Gasteiger partial charge in [0.1, 0.15) is 0 Å². The number of hydrogen-bond acceptors (Lipinski definition) is 3. The first-order valence-electron chi connectivity index (χ1n) is 5.57. The van der Waals surface area contributed by atoms with Gasteiger partial charge in [0.15, 0.2) is 0 Å². The fourth-order valence-electron chi connectivity index (χ4n) is 2.08. The van der Waals surface area contributed by atoms with Crippen molar-refractivity contribution >= 4 is 11.8 Å². The number of nitrogens with zero attached hydrogens (tertiary/aromatic N) is 1. The highest BCUT2D eigenvalue weighted by Crippen LogP contribution is 2.19. The maximum Gasteiger partial charge on any atom is 0.249 e. The Labute approximate surface area is 94.7 Å². The number of nitrogens with two attached hydrogens (primary N) is 1. The first-order chi connectivity index (χ1) is 7.59. The molecule has 0 spiro atoms. The van der Waals surface area contributed by atoms with Gasteiger partial charge in [-0.2, -0.15) is 0 Å². The summed E-state index contributed by atoms with van der Waals surface area (Å²) in [6.45, 7) is 4.60. The molecule has 0 aliphatic carbocycles. The zero-order valence-corrected chi connectivity index (χ0v) is 9.45. The van der Waals surface area contributed by atoms with Crippen LogP contribution in [0.5, 0.6) is 0 Å². The number of carbonyl (C=O) groups is 2. The number of likely N-dealkylation sites (tertiary alicyclic amines) is 1. The lowest BCUT2D eigenvalue weighted by atomic mass is 10.0. The van der Waals surface area contributed by atoms with Crippen LogP contribution in [0.3, 0.4) is 0 Å². The number of hydrogen-bond donors (Lipinski definition) is 2. The Morgan fingerprint density at radius 1 is 1.44 bits per heavy atom. The highest BCUT2D eigenvalue weighted by atomic mass is 16.2. The van der Waals surface area contributed by atoms with Crippen molar-refractivity contribution in [1.29, 1.82) is 0 Å². The van der Waals surface area contributed by atoms with E-state index in [1.165, 1.54) is 5.57 Å². The molecule has 2 amide bonds. The summed E-state index contributed by atoms with van der Waals surface area (Å²) in [5.41, 5.74) is 7.23. The third-order valence-electron chi connectivity index (χ3n) is 3.41. The van der Waals surface area contributed by atoms with Gasteiger partial charge in [-0.05, 0) is 18.9 Å². The Bertz CT molecular complexity index is 356. The molecule has 0 aromatic heterocycles. The van der Waals surface area contributed by atoms with Crippen LogP contribution in [0.25, 0.3) is 0 Å². The third-order valence-corrected chi connectivity index (χ3v) is 3.41. The fraction of sp³-hybridized carbons (Fsp3) is 0.636. The summed E-state index contributed by atoms with van der Waals surface area (Å²) >= 11 is 0. The number of carbonyl (C=O) groups excluding carboxylic acids is 2. The number of amides is 2. The van der Waals surface area contributed by atoms with Gasteiger partial charge in [0.25, 0.3) is 0 Å².